The Balaban J connectivity index is -0.000000737. The van der Waals surface area contributed by atoms with Crippen molar-refractivity contribution < 1.29 is 59.5 Å². The summed E-state index contributed by atoms with van der Waals surface area (Å²) in [6, 6.07) is 15.4. The molecule has 0 heterocycles. The van der Waals surface area contributed by atoms with Crippen molar-refractivity contribution in [2.24, 2.45) is 5.92 Å². The van der Waals surface area contributed by atoms with E-state index in [4.69, 9.17) is 9.47 Å². The van der Waals surface area contributed by atoms with Gasteiger partial charge in [0.2, 0.25) is 0 Å². The van der Waals surface area contributed by atoms with Crippen molar-refractivity contribution in [3.63, 3.8) is 0 Å². The molecule has 0 fully saturated rings. The van der Waals surface area contributed by atoms with Gasteiger partial charge in [-0.05, 0) is 25.6 Å². The Morgan fingerprint density at radius 3 is 1.75 bits per heavy atom. The van der Waals surface area contributed by atoms with Crippen LogP contribution in [-0.4, -0.2) is 51.9 Å². The SMILES string of the molecule is COC(=O)C(C)C.COc1cccc(OC)c1C(O)(C[PH+](C)C)c1ccccc1.[CH3-].[Li+].[Ni]. The predicted molar refractivity (Wildman–Crippen MR) is 127 cm³/mol. The molecule has 2 rings (SSSR count). The first kappa shape index (κ1) is 35.6. The van der Waals surface area contributed by atoms with Gasteiger partial charge in [0.1, 0.15) is 11.5 Å². The quantitative estimate of drug-likeness (QED) is 0.271. The van der Waals surface area contributed by atoms with Crippen LogP contribution < -0.4 is 28.3 Å². The van der Waals surface area contributed by atoms with Gasteiger partial charge in [0.15, 0.2) is 5.60 Å². The van der Waals surface area contributed by atoms with Crippen LogP contribution in [0.5, 0.6) is 11.5 Å². The molecule has 1 atom stereocenters. The van der Waals surface area contributed by atoms with Crippen LogP contribution in [0.2, 0.25) is 0 Å². The van der Waals surface area contributed by atoms with Crippen LogP contribution in [0.3, 0.4) is 0 Å². The zero-order valence-corrected chi connectivity index (χ0v) is 22.8. The summed E-state index contributed by atoms with van der Waals surface area (Å²) in [7, 11) is 3.93. The van der Waals surface area contributed by atoms with Crippen LogP contribution in [0.4, 0.5) is 0 Å². The standard InChI is InChI=1S/C18H23O3P.C5H10O2.CH3.Li.Ni/c1-20-15-11-8-12-16(21-2)17(15)18(19,13-22(3)4)14-9-6-5-7-10-14;1-4(2)5(6)7-3;;;/h5-12,19H,13H2,1-4H3;4H,1-3H3;1H3;;/q;;-1;+1;/p+1. The van der Waals surface area contributed by atoms with Crippen LogP contribution >= 0.6 is 7.92 Å². The average Bonchev–Trinajstić information content (AvgIpc) is 2.72. The van der Waals surface area contributed by atoms with Gasteiger partial charge in [-0.3, -0.25) is 4.79 Å². The smallest absolute Gasteiger partial charge is 0.496 e. The first-order valence-electron chi connectivity index (χ1n) is 9.57. The van der Waals surface area contributed by atoms with Gasteiger partial charge in [0, 0.05) is 29.8 Å². The Kier molecular flexibility index (Phi) is 19.4. The molecule has 2 aromatic carbocycles. The Labute approximate surface area is 217 Å². The second-order valence-electron chi connectivity index (χ2n) is 7.33. The molecule has 0 saturated heterocycles. The van der Waals surface area contributed by atoms with Gasteiger partial charge in [-0.25, -0.2) is 0 Å². The molecule has 0 aromatic heterocycles. The minimum atomic E-state index is -1.11. The van der Waals surface area contributed by atoms with Crippen molar-refractivity contribution in [1.29, 1.82) is 0 Å². The Morgan fingerprint density at radius 2 is 1.44 bits per heavy atom. The summed E-state index contributed by atoms with van der Waals surface area (Å²) in [6.07, 6.45) is 0.679. The van der Waals surface area contributed by atoms with Crippen LogP contribution in [0.1, 0.15) is 25.0 Å². The minimum absolute atomic E-state index is 0. The van der Waals surface area contributed by atoms with Gasteiger partial charge in [-0.1, -0.05) is 50.2 Å². The van der Waals surface area contributed by atoms with Gasteiger partial charge < -0.3 is 26.7 Å². The van der Waals surface area contributed by atoms with Crippen LogP contribution in [-0.2, 0) is 31.6 Å². The van der Waals surface area contributed by atoms with Crippen LogP contribution in [0, 0.1) is 13.3 Å². The molecule has 0 aliphatic heterocycles. The molecule has 178 valence electrons. The van der Waals surface area contributed by atoms with Crippen molar-refractivity contribution in [1.82, 2.24) is 0 Å². The van der Waals surface area contributed by atoms with E-state index >= 15 is 0 Å². The summed E-state index contributed by atoms with van der Waals surface area (Å²) < 4.78 is 15.4. The van der Waals surface area contributed by atoms with E-state index in [1.165, 1.54) is 7.11 Å². The fourth-order valence-corrected chi connectivity index (χ4v) is 4.46. The Hall–Kier alpha value is -1.01. The molecule has 8 heteroatoms. The van der Waals surface area contributed by atoms with Crippen molar-refractivity contribution >= 4 is 13.9 Å². The van der Waals surface area contributed by atoms with Gasteiger partial charge in [0.25, 0.3) is 0 Å². The first-order valence-corrected chi connectivity index (χ1v) is 12.3. The van der Waals surface area contributed by atoms with Crippen molar-refractivity contribution in [3.8, 4) is 11.5 Å². The predicted octanol–water partition coefficient (Wildman–Crippen LogP) is 1.68. The maximum atomic E-state index is 11.6. The summed E-state index contributed by atoms with van der Waals surface area (Å²) in [5.74, 6) is 1.15. The van der Waals surface area contributed by atoms with Gasteiger partial charge >= 0.3 is 24.8 Å². The summed E-state index contributed by atoms with van der Waals surface area (Å²) in [6.45, 7) is 7.98. The largest absolute Gasteiger partial charge is 1.00 e. The van der Waals surface area contributed by atoms with E-state index in [2.05, 4.69) is 18.1 Å². The van der Waals surface area contributed by atoms with E-state index in [1.807, 2.05) is 48.5 Å². The molecule has 0 saturated carbocycles. The van der Waals surface area contributed by atoms with E-state index < -0.39 is 13.5 Å². The third-order valence-corrected chi connectivity index (χ3v) is 5.59. The topological polar surface area (TPSA) is 65.0 Å². The molecule has 0 bridgehead atoms. The number of hydrogen-bond donors (Lipinski definition) is 1. The molecule has 2 aromatic rings. The molecule has 32 heavy (non-hydrogen) atoms. The second kappa shape index (κ2) is 17.5. The fourth-order valence-electron chi connectivity index (χ4n) is 3.05. The second-order valence-corrected chi connectivity index (χ2v) is 10.1. The normalized spacial score (nSPS) is 11.4. The molecule has 0 radical (unpaired) electrons. The number of aliphatic hydroxyl groups is 1. The molecular weight excluding hydrogens is 465 g/mol. The van der Waals surface area contributed by atoms with Crippen molar-refractivity contribution in [3.05, 3.63) is 67.1 Å². The first-order chi connectivity index (χ1) is 13.7. The van der Waals surface area contributed by atoms with E-state index in [0.717, 1.165) is 5.56 Å². The monoisotopic (exact) mass is 501 g/mol. The van der Waals surface area contributed by atoms with E-state index in [9.17, 15) is 9.90 Å². The van der Waals surface area contributed by atoms with Gasteiger partial charge in [0.05, 0.1) is 39.0 Å². The number of rotatable bonds is 7. The molecule has 0 amide bonds. The zero-order valence-electron chi connectivity index (χ0n) is 20.8. The number of carbonyl (C=O) groups excluding carboxylic acids is 1. The maximum Gasteiger partial charge on any atom is 1.00 e. The minimum Gasteiger partial charge on any atom is -0.496 e. The van der Waals surface area contributed by atoms with Crippen LogP contribution in [0.15, 0.2) is 48.5 Å². The van der Waals surface area contributed by atoms with Gasteiger partial charge in [-0.2, -0.15) is 0 Å². The zero-order chi connectivity index (χ0) is 22.0. The molecule has 0 aliphatic rings. The molecule has 0 aliphatic carbocycles. The molecule has 5 nitrogen and oxygen atoms in total. The van der Waals surface area contributed by atoms with E-state index in [-0.39, 0.29) is 54.7 Å². The third-order valence-electron chi connectivity index (χ3n) is 4.37. The van der Waals surface area contributed by atoms with E-state index in [1.54, 1.807) is 28.1 Å². The summed E-state index contributed by atoms with van der Waals surface area (Å²) in [5, 5.41) is 11.6. The summed E-state index contributed by atoms with van der Waals surface area (Å²) >= 11 is 0. The van der Waals surface area contributed by atoms with Crippen molar-refractivity contribution in [2.75, 3.05) is 40.8 Å². The average molecular weight is 502 g/mol. The van der Waals surface area contributed by atoms with E-state index in [0.29, 0.717) is 23.2 Å². The molecule has 1 unspecified atom stereocenters. The molecule has 0 spiro atoms. The van der Waals surface area contributed by atoms with Crippen LogP contribution in [0.25, 0.3) is 0 Å². The fraction of sp³-hybridized carbons (Fsp3) is 0.417. The number of benzene rings is 2. The maximum absolute atomic E-state index is 11.6. The molecule has 1 N–H and O–H groups in total. The number of methoxy groups -OCH3 is 3. The number of ether oxygens (including phenoxy) is 3. The Bertz CT molecular complexity index is 752. The van der Waals surface area contributed by atoms with Gasteiger partial charge in [-0.15, -0.1) is 0 Å². The number of carbonyl (C=O) groups is 1. The number of esters is 1. The third kappa shape index (κ3) is 9.86. The Morgan fingerprint density at radius 1 is 0.969 bits per heavy atom. The number of hydrogen-bond acceptors (Lipinski definition) is 5. The summed E-state index contributed by atoms with van der Waals surface area (Å²) in [4.78, 5) is 10.3. The summed E-state index contributed by atoms with van der Waals surface area (Å²) in [5.41, 5.74) is 0.457. The van der Waals surface area contributed by atoms with Crippen molar-refractivity contribution in [2.45, 2.75) is 19.4 Å². The molecular formula is C24H37LiNiO5P+.